The van der Waals surface area contributed by atoms with Gasteiger partial charge in [-0.25, -0.2) is 5.43 Å². The zero-order valence-electron chi connectivity index (χ0n) is 13.7. The van der Waals surface area contributed by atoms with Crippen molar-refractivity contribution in [3.63, 3.8) is 0 Å². The summed E-state index contributed by atoms with van der Waals surface area (Å²) in [6.07, 6.45) is 3.23. The first-order valence-corrected chi connectivity index (χ1v) is 8.71. The minimum atomic E-state index is -0.174. The number of rotatable bonds is 3. The third kappa shape index (κ3) is 3.04. The van der Waals surface area contributed by atoms with Gasteiger partial charge >= 0.3 is 0 Å². The smallest absolute Gasteiger partial charge is 0.299 e. The molecule has 0 saturated carbocycles. The maximum atomic E-state index is 11.4. The van der Waals surface area contributed by atoms with Gasteiger partial charge in [-0.1, -0.05) is 17.8 Å². The highest BCUT2D eigenvalue weighted by Crippen LogP contribution is 2.37. The highest BCUT2D eigenvalue weighted by molar-refractivity contribution is 8.14. The highest BCUT2D eigenvalue weighted by atomic mass is 32.2. The molecule has 1 amide bonds. The zero-order chi connectivity index (χ0) is 18.1. The number of aromatic nitrogens is 2. The van der Waals surface area contributed by atoms with E-state index in [-0.39, 0.29) is 16.4 Å². The monoisotopic (exact) mass is 366 g/mol. The van der Waals surface area contributed by atoms with E-state index >= 15 is 0 Å². The second-order valence-corrected chi connectivity index (χ2v) is 6.96. The Hall–Kier alpha value is -3.20. The quantitative estimate of drug-likeness (QED) is 0.601. The van der Waals surface area contributed by atoms with Gasteiger partial charge in [0.15, 0.2) is 5.69 Å². The third-order valence-corrected chi connectivity index (χ3v) is 4.78. The number of aromatic hydroxyl groups is 1. The lowest BCUT2D eigenvalue weighted by molar-refractivity contribution is 0.261. The number of carbonyl (C=O) groups excluding carboxylic acids is 1. The van der Waals surface area contributed by atoms with Crippen molar-refractivity contribution in [2.75, 3.05) is 0 Å². The molecule has 0 fully saturated rings. The molecule has 0 aliphatic carbocycles. The molecule has 3 N–H and O–H groups in total. The van der Waals surface area contributed by atoms with Crippen LogP contribution in [0.1, 0.15) is 12.5 Å². The molecule has 130 valence electrons. The second-order valence-electron chi connectivity index (χ2n) is 5.65. The van der Waals surface area contributed by atoms with E-state index < -0.39 is 0 Å². The fourth-order valence-electron chi connectivity index (χ4n) is 2.68. The molecule has 4 rings (SSSR count). The van der Waals surface area contributed by atoms with Gasteiger partial charge in [0.25, 0.3) is 5.24 Å². The molecule has 1 aliphatic heterocycles. The molecule has 1 atom stereocenters. The number of thioether (sulfide) groups is 1. The van der Waals surface area contributed by atoms with Crippen molar-refractivity contribution in [1.29, 1.82) is 0 Å². The number of nitrogens with one attached hydrogen (secondary N) is 2. The predicted octanol–water partition coefficient (Wildman–Crippen LogP) is 4.23. The standard InChI is InChI=1S/C17H14N6O2S/c1-9-14(21-23-17(25)26-9)10-4-5-13-12(7-10)15(16(24)19-13)22-20-11-3-2-6-18-8-11/h2-9,19,24H,1H3,(H,23,25). The Balaban J connectivity index is 1.76. The molecule has 0 bridgehead atoms. The lowest BCUT2D eigenvalue weighted by atomic mass is 10.1. The minimum absolute atomic E-state index is 0.0638. The first-order valence-electron chi connectivity index (χ1n) is 7.83. The maximum Gasteiger partial charge on any atom is 0.299 e. The number of amides is 1. The molecule has 1 aromatic carbocycles. The van der Waals surface area contributed by atoms with Gasteiger partial charge in [-0.15, -0.1) is 10.2 Å². The van der Waals surface area contributed by atoms with Gasteiger partial charge in [-0.05, 0) is 36.8 Å². The Morgan fingerprint density at radius 1 is 1.27 bits per heavy atom. The number of H-pyrrole nitrogens is 1. The van der Waals surface area contributed by atoms with Crippen LogP contribution < -0.4 is 5.43 Å². The van der Waals surface area contributed by atoms with E-state index in [9.17, 15) is 9.90 Å². The number of hydrogen-bond donors (Lipinski definition) is 3. The topological polar surface area (TPSA) is 115 Å². The van der Waals surface area contributed by atoms with Crippen molar-refractivity contribution < 1.29 is 9.90 Å². The van der Waals surface area contributed by atoms with E-state index in [1.165, 1.54) is 11.8 Å². The molecule has 9 heteroatoms. The first kappa shape index (κ1) is 16.3. The Morgan fingerprint density at radius 3 is 2.92 bits per heavy atom. The van der Waals surface area contributed by atoms with E-state index in [0.29, 0.717) is 16.8 Å². The van der Waals surface area contributed by atoms with Crippen LogP contribution in [0.5, 0.6) is 5.88 Å². The molecule has 3 heterocycles. The number of fused-ring (bicyclic) bond motifs is 1. The van der Waals surface area contributed by atoms with E-state index in [1.54, 1.807) is 24.5 Å². The van der Waals surface area contributed by atoms with Gasteiger partial charge in [0, 0.05) is 11.6 Å². The fraction of sp³-hybridized carbons (Fsp3) is 0.118. The molecule has 26 heavy (non-hydrogen) atoms. The van der Waals surface area contributed by atoms with E-state index in [2.05, 4.69) is 30.7 Å². The van der Waals surface area contributed by atoms with Crippen LogP contribution in [0, 0.1) is 0 Å². The van der Waals surface area contributed by atoms with E-state index in [0.717, 1.165) is 16.8 Å². The van der Waals surface area contributed by atoms with Gasteiger partial charge in [-0.3, -0.25) is 9.78 Å². The summed E-state index contributed by atoms with van der Waals surface area (Å²) < 4.78 is 0. The van der Waals surface area contributed by atoms with E-state index in [4.69, 9.17) is 0 Å². The summed E-state index contributed by atoms with van der Waals surface area (Å²) in [5, 5.41) is 23.1. The largest absolute Gasteiger partial charge is 0.493 e. The molecule has 3 aromatic rings. The van der Waals surface area contributed by atoms with Crippen molar-refractivity contribution in [2.24, 2.45) is 15.3 Å². The third-order valence-electron chi connectivity index (χ3n) is 3.90. The van der Waals surface area contributed by atoms with Crippen LogP contribution in [0.3, 0.4) is 0 Å². The molecule has 1 unspecified atom stereocenters. The van der Waals surface area contributed by atoms with Crippen LogP contribution in [0.2, 0.25) is 0 Å². The molecule has 0 spiro atoms. The fourth-order valence-corrected chi connectivity index (χ4v) is 3.40. The number of pyridine rings is 1. The van der Waals surface area contributed by atoms with Crippen molar-refractivity contribution >= 4 is 45.0 Å². The van der Waals surface area contributed by atoms with Crippen molar-refractivity contribution in [2.45, 2.75) is 12.2 Å². The van der Waals surface area contributed by atoms with Crippen molar-refractivity contribution in [3.8, 4) is 5.88 Å². The van der Waals surface area contributed by atoms with Gasteiger partial charge in [0.1, 0.15) is 5.69 Å². The summed E-state index contributed by atoms with van der Waals surface area (Å²) in [5.41, 5.74) is 5.73. The molecule has 2 aromatic heterocycles. The molecule has 0 saturated heterocycles. The maximum absolute atomic E-state index is 11.4. The number of benzene rings is 1. The van der Waals surface area contributed by atoms with Crippen LogP contribution >= 0.6 is 11.8 Å². The number of azo groups is 1. The summed E-state index contributed by atoms with van der Waals surface area (Å²) >= 11 is 1.18. The highest BCUT2D eigenvalue weighted by Gasteiger charge is 2.23. The first-order chi connectivity index (χ1) is 12.6. The Morgan fingerprint density at radius 2 is 2.15 bits per heavy atom. The lowest BCUT2D eigenvalue weighted by Gasteiger charge is -2.18. The van der Waals surface area contributed by atoms with Gasteiger partial charge in [-0.2, -0.15) is 5.10 Å². The Bertz CT molecular complexity index is 1040. The summed E-state index contributed by atoms with van der Waals surface area (Å²) in [6, 6.07) is 9.12. The van der Waals surface area contributed by atoms with Crippen molar-refractivity contribution in [1.82, 2.24) is 15.4 Å². The average Bonchev–Trinajstić information content (AvgIpc) is 2.95. The number of aromatic amines is 1. The van der Waals surface area contributed by atoms with Gasteiger partial charge in [0.05, 0.1) is 22.7 Å². The predicted molar refractivity (Wildman–Crippen MR) is 100 cm³/mol. The number of hydrogen-bond acceptors (Lipinski definition) is 7. The van der Waals surface area contributed by atoms with Crippen LogP contribution in [0.15, 0.2) is 58.1 Å². The minimum Gasteiger partial charge on any atom is -0.493 e. The molecule has 8 nitrogen and oxygen atoms in total. The summed E-state index contributed by atoms with van der Waals surface area (Å²) in [4.78, 5) is 18.3. The average molecular weight is 366 g/mol. The van der Waals surface area contributed by atoms with Gasteiger partial charge < -0.3 is 10.1 Å². The van der Waals surface area contributed by atoms with Crippen molar-refractivity contribution in [3.05, 3.63) is 48.3 Å². The Kier molecular flexibility index (Phi) is 4.13. The number of hydrazone groups is 1. The molecular formula is C17H14N6O2S. The Labute approximate surface area is 152 Å². The van der Waals surface area contributed by atoms with Crippen LogP contribution in [-0.4, -0.2) is 31.3 Å². The second kappa shape index (κ2) is 6.60. The van der Waals surface area contributed by atoms with Gasteiger partial charge in [0.2, 0.25) is 5.88 Å². The number of nitrogens with zero attached hydrogens (tertiary/aromatic N) is 4. The summed E-state index contributed by atoms with van der Waals surface area (Å²) in [6.45, 7) is 1.92. The normalized spacial score (nSPS) is 17.5. The van der Waals surface area contributed by atoms with E-state index in [1.807, 2.05) is 25.1 Å². The molecular weight excluding hydrogens is 352 g/mol. The molecule has 1 aliphatic rings. The summed E-state index contributed by atoms with van der Waals surface area (Å²) in [7, 11) is 0. The van der Waals surface area contributed by atoms with Crippen LogP contribution in [-0.2, 0) is 0 Å². The zero-order valence-corrected chi connectivity index (χ0v) is 14.5. The SMILES string of the molecule is CC1SC(=O)NN=C1c1ccc2[nH]c(O)c(N=Nc3cccnc3)c2c1. The van der Waals surface area contributed by atoms with Crippen LogP contribution in [0.4, 0.5) is 16.2 Å². The summed E-state index contributed by atoms with van der Waals surface area (Å²) in [5.74, 6) is -0.0638. The lowest BCUT2D eigenvalue weighted by Crippen LogP contribution is -2.29. The molecule has 0 radical (unpaired) electrons. The van der Waals surface area contributed by atoms with Crippen LogP contribution in [0.25, 0.3) is 10.9 Å². The number of carbonyl (C=O) groups is 1.